The quantitative estimate of drug-likeness (QED) is 0.655. The average molecular weight is 456 g/mol. The van der Waals surface area contributed by atoms with Crippen molar-refractivity contribution in [2.24, 2.45) is 0 Å². The number of hydrogen-bond donors (Lipinski definition) is 0. The number of amides is 2. The van der Waals surface area contributed by atoms with Gasteiger partial charge in [0, 0.05) is 32.4 Å². The topological polar surface area (TPSA) is 83.8 Å². The van der Waals surface area contributed by atoms with E-state index in [2.05, 4.69) is 10.3 Å². The van der Waals surface area contributed by atoms with E-state index in [1.807, 2.05) is 0 Å². The smallest absolute Gasteiger partial charge is 0.442 e. The summed E-state index contributed by atoms with van der Waals surface area (Å²) in [5.41, 5.74) is 1.22. The van der Waals surface area contributed by atoms with Crippen molar-refractivity contribution in [2.75, 3.05) is 42.5 Å². The van der Waals surface area contributed by atoms with Gasteiger partial charge < -0.3 is 14.5 Å². The highest BCUT2D eigenvalue weighted by Gasteiger charge is 2.43. The van der Waals surface area contributed by atoms with E-state index >= 15 is 0 Å². The number of carbonyl (C=O) groups is 2. The molecular formula is C19H20F4N6O3. The summed E-state index contributed by atoms with van der Waals surface area (Å²) in [7, 11) is 0. The lowest BCUT2D eigenvalue weighted by molar-refractivity contribution is -0.185. The van der Waals surface area contributed by atoms with Crippen LogP contribution < -0.4 is 9.80 Å². The minimum absolute atomic E-state index is 0.0588. The van der Waals surface area contributed by atoms with E-state index in [4.69, 9.17) is 4.74 Å². The molecule has 4 rings (SSSR count). The van der Waals surface area contributed by atoms with Crippen molar-refractivity contribution in [2.45, 2.75) is 25.7 Å². The van der Waals surface area contributed by atoms with Crippen molar-refractivity contribution in [3.63, 3.8) is 0 Å². The van der Waals surface area contributed by atoms with E-state index in [0.717, 1.165) is 5.69 Å². The Hall–Kier alpha value is -3.38. The van der Waals surface area contributed by atoms with Crippen molar-refractivity contribution >= 4 is 23.4 Å². The van der Waals surface area contributed by atoms with Crippen LogP contribution in [0.5, 0.6) is 0 Å². The highest BCUT2D eigenvalue weighted by atomic mass is 19.4. The third-order valence-corrected chi connectivity index (χ3v) is 5.31. The molecule has 3 heterocycles. The fourth-order valence-corrected chi connectivity index (χ4v) is 3.77. The predicted octanol–water partition coefficient (Wildman–Crippen LogP) is 1.96. The Morgan fingerprint density at radius 2 is 1.94 bits per heavy atom. The summed E-state index contributed by atoms with van der Waals surface area (Å²) in [6, 6.07) is 4.20. The third-order valence-electron chi connectivity index (χ3n) is 5.31. The summed E-state index contributed by atoms with van der Waals surface area (Å²) < 4.78 is 59.4. The van der Waals surface area contributed by atoms with E-state index in [9.17, 15) is 27.2 Å². The molecule has 0 N–H and O–H groups in total. The molecule has 2 aromatic rings. The molecule has 0 bridgehead atoms. The van der Waals surface area contributed by atoms with Crippen LogP contribution in [0, 0.1) is 12.7 Å². The number of cyclic esters (lactones) is 1. The van der Waals surface area contributed by atoms with Crippen LogP contribution in [-0.2, 0) is 16.1 Å². The average Bonchev–Trinajstić information content (AvgIpc) is 3.31. The minimum Gasteiger partial charge on any atom is -0.442 e. The van der Waals surface area contributed by atoms with E-state index < -0.39 is 30.1 Å². The molecule has 1 atom stereocenters. The zero-order valence-electron chi connectivity index (χ0n) is 17.0. The number of ether oxygens (including phenoxy) is 1. The van der Waals surface area contributed by atoms with Crippen molar-refractivity contribution in [3.8, 4) is 0 Å². The highest BCUT2D eigenvalue weighted by Crippen LogP contribution is 2.29. The summed E-state index contributed by atoms with van der Waals surface area (Å²) >= 11 is 0. The van der Waals surface area contributed by atoms with Gasteiger partial charge in [0.2, 0.25) is 0 Å². The summed E-state index contributed by atoms with van der Waals surface area (Å²) in [5.74, 6) is -2.52. The fourth-order valence-electron chi connectivity index (χ4n) is 3.77. The molecule has 9 nitrogen and oxygen atoms in total. The Morgan fingerprint density at radius 3 is 2.53 bits per heavy atom. The van der Waals surface area contributed by atoms with Crippen molar-refractivity contribution in [1.29, 1.82) is 0 Å². The molecule has 172 valence electrons. The van der Waals surface area contributed by atoms with Crippen molar-refractivity contribution in [3.05, 3.63) is 35.9 Å². The second-order valence-electron chi connectivity index (χ2n) is 7.61. The first-order chi connectivity index (χ1) is 15.1. The number of rotatable bonds is 4. The minimum atomic E-state index is -4.93. The lowest BCUT2D eigenvalue weighted by Gasteiger charge is -2.36. The zero-order valence-corrected chi connectivity index (χ0v) is 17.0. The molecule has 1 aromatic heterocycles. The molecule has 0 saturated carbocycles. The summed E-state index contributed by atoms with van der Waals surface area (Å²) in [5, 5.41) is 7.79. The lowest BCUT2D eigenvalue weighted by atomic mass is 10.2. The second kappa shape index (κ2) is 8.28. The molecular weight excluding hydrogens is 436 g/mol. The van der Waals surface area contributed by atoms with Crippen LogP contribution in [0.25, 0.3) is 0 Å². The van der Waals surface area contributed by atoms with E-state index in [1.165, 1.54) is 17.0 Å². The van der Waals surface area contributed by atoms with Crippen LogP contribution in [0.3, 0.4) is 0 Å². The number of piperazine rings is 1. The Labute approximate surface area is 180 Å². The monoisotopic (exact) mass is 456 g/mol. The molecule has 0 spiro atoms. The summed E-state index contributed by atoms with van der Waals surface area (Å²) in [4.78, 5) is 27.2. The molecule has 13 heteroatoms. The first-order valence-electron chi connectivity index (χ1n) is 9.87. The molecule has 0 unspecified atom stereocenters. The number of hydrogen-bond acceptors (Lipinski definition) is 6. The van der Waals surface area contributed by atoms with Crippen LogP contribution in [0.1, 0.15) is 5.69 Å². The zero-order chi connectivity index (χ0) is 23.0. The van der Waals surface area contributed by atoms with Gasteiger partial charge >= 0.3 is 18.2 Å². The Balaban J connectivity index is 1.39. The molecule has 0 radical (unpaired) electrons. The number of aryl methyl sites for hydroxylation is 1. The molecule has 2 amide bonds. The standard InChI is InChI=1S/C19H20F4N6O3/c1-12-9-28(25-24-12)10-14-11-29(18(31)32-14)13-2-3-16(15(20)8-13)26-4-6-27(7-5-26)17(30)19(21,22)23/h2-3,8-9,14H,4-7,10-11H2,1H3/t14-/m0/s1. The lowest BCUT2D eigenvalue weighted by Crippen LogP contribution is -2.52. The van der Waals surface area contributed by atoms with Crippen molar-refractivity contribution < 1.29 is 31.9 Å². The SMILES string of the molecule is Cc1cn(C[C@H]2CN(c3ccc(N4CCN(C(=O)C(F)(F)F)CC4)c(F)c3)C(=O)O2)nn1. The normalized spacial score (nSPS) is 19.5. The van der Waals surface area contributed by atoms with Gasteiger partial charge in [-0.2, -0.15) is 13.2 Å². The predicted molar refractivity (Wildman–Crippen MR) is 104 cm³/mol. The Kier molecular flexibility index (Phi) is 5.65. The maximum absolute atomic E-state index is 14.8. The number of alkyl halides is 3. The van der Waals surface area contributed by atoms with Crippen LogP contribution >= 0.6 is 0 Å². The summed E-state index contributed by atoms with van der Waals surface area (Å²) in [6.45, 7) is 2.09. The second-order valence-corrected chi connectivity index (χ2v) is 7.61. The van der Waals surface area contributed by atoms with Gasteiger partial charge in [-0.15, -0.1) is 5.10 Å². The maximum atomic E-state index is 14.8. The molecule has 2 aliphatic rings. The van der Waals surface area contributed by atoms with Gasteiger partial charge in [-0.25, -0.2) is 13.9 Å². The molecule has 2 aliphatic heterocycles. The van der Waals surface area contributed by atoms with Gasteiger partial charge in [-0.3, -0.25) is 9.69 Å². The summed E-state index contributed by atoms with van der Waals surface area (Å²) in [6.07, 6.45) is -4.30. The first-order valence-corrected chi connectivity index (χ1v) is 9.87. The van der Waals surface area contributed by atoms with Crippen LogP contribution in [-0.4, -0.2) is 76.9 Å². The number of aromatic nitrogens is 3. The van der Waals surface area contributed by atoms with Gasteiger partial charge in [-0.05, 0) is 25.1 Å². The molecule has 32 heavy (non-hydrogen) atoms. The van der Waals surface area contributed by atoms with Gasteiger partial charge in [-0.1, -0.05) is 5.21 Å². The number of halogens is 4. The largest absolute Gasteiger partial charge is 0.471 e. The fraction of sp³-hybridized carbons (Fsp3) is 0.474. The van der Waals surface area contributed by atoms with Crippen LogP contribution in [0.4, 0.5) is 33.7 Å². The van der Waals surface area contributed by atoms with E-state index in [1.54, 1.807) is 28.8 Å². The molecule has 0 aliphatic carbocycles. The Bertz CT molecular complexity index is 1020. The van der Waals surface area contributed by atoms with E-state index in [0.29, 0.717) is 17.1 Å². The number of anilines is 2. The van der Waals surface area contributed by atoms with Gasteiger partial charge in [0.15, 0.2) is 0 Å². The van der Waals surface area contributed by atoms with Crippen LogP contribution in [0.2, 0.25) is 0 Å². The van der Waals surface area contributed by atoms with Gasteiger partial charge in [0.05, 0.1) is 30.2 Å². The maximum Gasteiger partial charge on any atom is 0.471 e. The van der Waals surface area contributed by atoms with Gasteiger partial charge in [0.1, 0.15) is 11.9 Å². The number of carbonyl (C=O) groups excluding carboxylic acids is 2. The van der Waals surface area contributed by atoms with E-state index in [-0.39, 0.29) is 38.4 Å². The number of benzene rings is 1. The first kappa shape index (κ1) is 21.8. The molecule has 2 saturated heterocycles. The van der Waals surface area contributed by atoms with Crippen molar-refractivity contribution in [1.82, 2.24) is 19.9 Å². The van der Waals surface area contributed by atoms with Crippen LogP contribution in [0.15, 0.2) is 24.4 Å². The Morgan fingerprint density at radius 1 is 1.22 bits per heavy atom. The molecule has 1 aromatic carbocycles. The number of nitrogens with zero attached hydrogens (tertiary/aromatic N) is 6. The van der Waals surface area contributed by atoms with Gasteiger partial charge in [0.25, 0.3) is 0 Å². The highest BCUT2D eigenvalue weighted by molar-refractivity contribution is 5.90. The molecule has 2 fully saturated rings. The third kappa shape index (κ3) is 4.46.